The van der Waals surface area contributed by atoms with Crippen molar-refractivity contribution in [2.24, 2.45) is 0 Å². The first kappa shape index (κ1) is 23.3. The van der Waals surface area contributed by atoms with Crippen LogP contribution in [0.15, 0.2) is 57.9 Å². The Morgan fingerprint density at radius 3 is 2.32 bits per heavy atom. The van der Waals surface area contributed by atoms with Crippen molar-refractivity contribution >= 4 is 39.2 Å². The third kappa shape index (κ3) is 4.88. The summed E-state index contributed by atoms with van der Waals surface area (Å²) in [6, 6.07) is 13.1. The molecular weight excluding hydrogens is 458 g/mol. The van der Waals surface area contributed by atoms with Crippen LogP contribution in [-0.2, 0) is 14.8 Å². The number of rotatable bonds is 7. The molecule has 1 aliphatic rings. The number of nitrogens with zero attached hydrogens (tertiary/aromatic N) is 3. The number of anilines is 3. The van der Waals surface area contributed by atoms with Crippen molar-refractivity contribution in [1.29, 1.82) is 0 Å². The molecule has 34 heavy (non-hydrogen) atoms. The SMILES string of the molecule is Cc1ccc(N2CCN(CC(=O)Nc3ccc(S(=O)(=O)Nc4onc(C)c4C)cc3)C2=O)cc1. The molecule has 2 N–H and O–H groups in total. The highest BCUT2D eigenvalue weighted by molar-refractivity contribution is 7.92. The van der Waals surface area contributed by atoms with Gasteiger partial charge in [0.1, 0.15) is 6.54 Å². The highest BCUT2D eigenvalue weighted by atomic mass is 32.2. The van der Waals surface area contributed by atoms with Gasteiger partial charge in [0.25, 0.3) is 10.0 Å². The second kappa shape index (κ2) is 9.18. The second-order valence-electron chi connectivity index (χ2n) is 8.09. The first-order chi connectivity index (χ1) is 16.1. The summed E-state index contributed by atoms with van der Waals surface area (Å²) >= 11 is 0. The summed E-state index contributed by atoms with van der Waals surface area (Å²) in [7, 11) is -3.88. The van der Waals surface area contributed by atoms with Gasteiger partial charge >= 0.3 is 6.03 Å². The lowest BCUT2D eigenvalue weighted by atomic mass is 10.2. The smallest absolute Gasteiger partial charge is 0.325 e. The van der Waals surface area contributed by atoms with Gasteiger partial charge in [-0.15, -0.1) is 0 Å². The third-order valence-electron chi connectivity index (χ3n) is 5.61. The number of hydrogen-bond acceptors (Lipinski definition) is 6. The lowest BCUT2D eigenvalue weighted by molar-refractivity contribution is -0.116. The zero-order valence-electron chi connectivity index (χ0n) is 19.0. The fraction of sp³-hybridized carbons (Fsp3) is 0.261. The molecule has 0 spiro atoms. The summed E-state index contributed by atoms with van der Waals surface area (Å²) in [6.07, 6.45) is 0. The second-order valence-corrected chi connectivity index (χ2v) is 9.77. The maximum Gasteiger partial charge on any atom is 0.325 e. The van der Waals surface area contributed by atoms with E-state index in [0.717, 1.165) is 11.3 Å². The van der Waals surface area contributed by atoms with Gasteiger partial charge in [-0.3, -0.25) is 9.69 Å². The van der Waals surface area contributed by atoms with Gasteiger partial charge in [0.15, 0.2) is 0 Å². The van der Waals surface area contributed by atoms with Crippen molar-refractivity contribution in [1.82, 2.24) is 10.1 Å². The minimum Gasteiger partial charge on any atom is -0.337 e. The number of amides is 3. The molecule has 1 saturated heterocycles. The molecule has 0 aliphatic carbocycles. The van der Waals surface area contributed by atoms with Crippen molar-refractivity contribution < 1.29 is 22.5 Å². The Morgan fingerprint density at radius 1 is 1.03 bits per heavy atom. The summed E-state index contributed by atoms with van der Waals surface area (Å²) in [5, 5.41) is 6.43. The first-order valence-corrected chi connectivity index (χ1v) is 12.1. The molecule has 3 amide bonds. The Kier molecular flexibility index (Phi) is 6.29. The minimum atomic E-state index is -3.88. The van der Waals surface area contributed by atoms with Crippen LogP contribution in [-0.4, -0.2) is 50.0 Å². The third-order valence-corrected chi connectivity index (χ3v) is 6.95. The fourth-order valence-electron chi connectivity index (χ4n) is 3.48. The van der Waals surface area contributed by atoms with Crippen LogP contribution in [0.2, 0.25) is 0 Å². The zero-order chi connectivity index (χ0) is 24.5. The van der Waals surface area contributed by atoms with Gasteiger partial charge in [0.05, 0.1) is 10.6 Å². The van der Waals surface area contributed by atoms with Crippen LogP contribution in [0.1, 0.15) is 16.8 Å². The van der Waals surface area contributed by atoms with E-state index in [0.29, 0.717) is 30.0 Å². The molecule has 1 aromatic heterocycles. The molecule has 0 radical (unpaired) electrons. The highest BCUT2D eigenvalue weighted by Crippen LogP contribution is 2.23. The van der Waals surface area contributed by atoms with Crippen molar-refractivity contribution in [2.75, 3.05) is 34.6 Å². The molecule has 1 fully saturated rings. The number of aryl methyl sites for hydroxylation is 2. The molecule has 0 unspecified atom stereocenters. The van der Waals surface area contributed by atoms with Crippen LogP contribution in [0, 0.1) is 20.8 Å². The van der Waals surface area contributed by atoms with Crippen LogP contribution in [0.3, 0.4) is 0 Å². The van der Waals surface area contributed by atoms with E-state index in [4.69, 9.17) is 4.52 Å². The van der Waals surface area contributed by atoms with Crippen LogP contribution < -0.4 is 14.9 Å². The van der Waals surface area contributed by atoms with E-state index in [2.05, 4.69) is 15.2 Å². The van der Waals surface area contributed by atoms with Gasteiger partial charge in [0, 0.05) is 30.0 Å². The molecule has 0 bridgehead atoms. The molecule has 11 heteroatoms. The van der Waals surface area contributed by atoms with Gasteiger partial charge < -0.3 is 14.7 Å². The Balaban J connectivity index is 1.35. The molecule has 1 aliphatic heterocycles. The summed E-state index contributed by atoms with van der Waals surface area (Å²) in [4.78, 5) is 28.3. The monoisotopic (exact) mass is 483 g/mol. The molecule has 2 aromatic carbocycles. The molecule has 0 atom stereocenters. The summed E-state index contributed by atoms with van der Waals surface area (Å²) < 4.78 is 32.6. The van der Waals surface area contributed by atoms with Gasteiger partial charge in [-0.2, -0.15) is 0 Å². The number of aromatic nitrogens is 1. The average Bonchev–Trinajstić information content (AvgIpc) is 3.31. The number of carbonyl (C=O) groups excluding carboxylic acids is 2. The average molecular weight is 484 g/mol. The standard InChI is InChI=1S/C23H25N5O5S/c1-15-4-8-19(9-5-15)28-13-12-27(23(28)30)14-21(29)24-18-6-10-20(11-7-18)34(31,32)26-22-16(2)17(3)25-33-22/h4-11,26H,12-14H2,1-3H3,(H,24,29). The van der Waals surface area contributed by atoms with Crippen molar-refractivity contribution in [3.05, 3.63) is 65.4 Å². The maximum atomic E-state index is 12.7. The van der Waals surface area contributed by atoms with Crippen LogP contribution in [0.4, 0.5) is 22.1 Å². The summed E-state index contributed by atoms with van der Waals surface area (Å²) in [6.45, 7) is 6.22. The van der Waals surface area contributed by atoms with E-state index in [1.807, 2.05) is 31.2 Å². The Labute approximate surface area is 197 Å². The molecule has 10 nitrogen and oxygen atoms in total. The van der Waals surface area contributed by atoms with Gasteiger partial charge in [-0.05, 0) is 57.2 Å². The maximum absolute atomic E-state index is 12.7. The molecule has 178 valence electrons. The number of nitrogens with one attached hydrogen (secondary N) is 2. The van der Waals surface area contributed by atoms with Crippen molar-refractivity contribution in [3.63, 3.8) is 0 Å². The van der Waals surface area contributed by atoms with E-state index >= 15 is 0 Å². The van der Waals surface area contributed by atoms with Crippen LogP contribution in [0.5, 0.6) is 0 Å². The number of benzene rings is 2. The van der Waals surface area contributed by atoms with Crippen LogP contribution >= 0.6 is 0 Å². The highest BCUT2D eigenvalue weighted by Gasteiger charge is 2.30. The predicted octanol–water partition coefficient (Wildman–Crippen LogP) is 3.28. The molecule has 2 heterocycles. The fourth-order valence-corrected chi connectivity index (χ4v) is 4.52. The molecule has 4 rings (SSSR count). The minimum absolute atomic E-state index is 0.00223. The normalized spacial score (nSPS) is 13.9. The van der Waals surface area contributed by atoms with Gasteiger partial charge in [-0.1, -0.05) is 22.9 Å². The molecule has 0 saturated carbocycles. The van der Waals surface area contributed by atoms with Crippen LogP contribution in [0.25, 0.3) is 0 Å². The number of carbonyl (C=O) groups is 2. The van der Waals surface area contributed by atoms with E-state index in [-0.39, 0.29) is 29.3 Å². The van der Waals surface area contributed by atoms with Gasteiger partial charge in [-0.25, -0.2) is 17.9 Å². The number of sulfonamides is 1. The number of urea groups is 1. The Hall–Kier alpha value is -3.86. The summed E-state index contributed by atoms with van der Waals surface area (Å²) in [5.41, 5.74) is 3.50. The lowest BCUT2D eigenvalue weighted by Gasteiger charge is -2.18. The van der Waals surface area contributed by atoms with E-state index in [1.54, 1.807) is 18.7 Å². The zero-order valence-corrected chi connectivity index (χ0v) is 19.8. The molecular formula is C23H25N5O5S. The van der Waals surface area contributed by atoms with E-state index < -0.39 is 10.0 Å². The first-order valence-electron chi connectivity index (χ1n) is 10.6. The quantitative estimate of drug-likeness (QED) is 0.531. The lowest BCUT2D eigenvalue weighted by Crippen LogP contribution is -2.37. The molecule has 3 aromatic rings. The Morgan fingerprint density at radius 2 is 1.71 bits per heavy atom. The van der Waals surface area contributed by atoms with Crippen molar-refractivity contribution in [2.45, 2.75) is 25.7 Å². The van der Waals surface area contributed by atoms with Crippen molar-refractivity contribution in [3.8, 4) is 0 Å². The Bertz CT molecular complexity index is 1320. The number of hydrogen-bond donors (Lipinski definition) is 2. The van der Waals surface area contributed by atoms with E-state index in [9.17, 15) is 18.0 Å². The largest absolute Gasteiger partial charge is 0.337 e. The summed E-state index contributed by atoms with van der Waals surface area (Å²) in [5.74, 6) is -0.314. The topological polar surface area (TPSA) is 125 Å². The van der Waals surface area contributed by atoms with Gasteiger partial charge in [0.2, 0.25) is 11.8 Å². The van der Waals surface area contributed by atoms with E-state index in [1.165, 1.54) is 29.2 Å². The predicted molar refractivity (Wildman–Crippen MR) is 127 cm³/mol.